The third kappa shape index (κ3) is 4.20. The maximum Gasteiger partial charge on any atom is 0.261 e. The number of ether oxygens (including phenoxy) is 1. The fourth-order valence-electron chi connectivity index (χ4n) is 2.99. The number of carbonyl (C=O) groups is 1. The molecule has 0 aliphatic rings. The molecule has 1 amide bonds. The molecule has 4 aromatic rings. The number of carbonyl (C=O) groups excluding carboxylic acids is 1. The number of anilines is 1. The molecule has 0 saturated heterocycles. The third-order valence-electron chi connectivity index (χ3n) is 4.33. The Hall–Kier alpha value is -3.45. The Kier molecular flexibility index (Phi) is 5.39. The van der Waals surface area contributed by atoms with E-state index in [1.165, 1.54) is 11.3 Å². The second kappa shape index (κ2) is 8.28. The number of hydrogen-bond acceptors (Lipinski definition) is 6. The van der Waals surface area contributed by atoms with Gasteiger partial charge in [-0.1, -0.05) is 42.5 Å². The van der Waals surface area contributed by atoms with Crippen LogP contribution in [0.3, 0.4) is 0 Å². The van der Waals surface area contributed by atoms with Crippen LogP contribution in [0, 0.1) is 0 Å². The molecule has 0 spiro atoms. The highest BCUT2D eigenvalue weighted by atomic mass is 32.1. The van der Waals surface area contributed by atoms with E-state index in [1.807, 2.05) is 67.6 Å². The zero-order chi connectivity index (χ0) is 20.2. The van der Waals surface area contributed by atoms with Gasteiger partial charge in [0.1, 0.15) is 17.2 Å². The highest BCUT2D eigenvalue weighted by Gasteiger charge is 2.16. The number of nitrogen functional groups attached to an aromatic ring is 1. The van der Waals surface area contributed by atoms with Crippen molar-refractivity contribution in [3.8, 4) is 17.0 Å². The Labute approximate surface area is 172 Å². The van der Waals surface area contributed by atoms with E-state index >= 15 is 0 Å². The number of nitrogens with one attached hydrogen (secondary N) is 1. The molecule has 0 radical (unpaired) electrons. The molecule has 0 atom stereocenters. The Morgan fingerprint density at radius 3 is 2.72 bits per heavy atom. The van der Waals surface area contributed by atoms with Crippen LogP contribution in [0.25, 0.3) is 21.5 Å². The molecule has 146 valence electrons. The van der Waals surface area contributed by atoms with E-state index in [1.54, 1.807) is 0 Å². The lowest BCUT2D eigenvalue weighted by molar-refractivity contribution is 0.0960. The fourth-order valence-corrected chi connectivity index (χ4v) is 3.95. The second-order valence-corrected chi connectivity index (χ2v) is 7.45. The Morgan fingerprint density at radius 2 is 1.93 bits per heavy atom. The highest BCUT2D eigenvalue weighted by Crippen LogP contribution is 2.33. The molecule has 7 heteroatoms. The van der Waals surface area contributed by atoms with E-state index in [0.717, 1.165) is 22.3 Å². The predicted molar refractivity (Wildman–Crippen MR) is 116 cm³/mol. The van der Waals surface area contributed by atoms with Crippen LogP contribution >= 0.6 is 11.3 Å². The quantitative estimate of drug-likeness (QED) is 0.501. The largest absolute Gasteiger partial charge is 0.489 e. The minimum Gasteiger partial charge on any atom is -0.489 e. The van der Waals surface area contributed by atoms with Crippen LogP contribution in [-0.2, 0) is 6.61 Å². The van der Waals surface area contributed by atoms with Gasteiger partial charge in [-0.15, -0.1) is 11.3 Å². The van der Waals surface area contributed by atoms with Crippen LogP contribution in [0.15, 0.2) is 60.7 Å². The molecule has 0 bridgehead atoms. The molecule has 0 aliphatic heterocycles. The first-order chi connectivity index (χ1) is 14.1. The highest BCUT2D eigenvalue weighted by molar-refractivity contribution is 7.20. The van der Waals surface area contributed by atoms with Gasteiger partial charge in [-0.25, -0.2) is 9.97 Å². The zero-order valence-corrected chi connectivity index (χ0v) is 16.7. The Bertz CT molecular complexity index is 1160. The predicted octanol–water partition coefficient (Wildman–Crippen LogP) is 4.27. The third-order valence-corrected chi connectivity index (χ3v) is 5.35. The molecule has 6 nitrogen and oxygen atoms in total. The summed E-state index contributed by atoms with van der Waals surface area (Å²) >= 11 is 1.31. The summed E-state index contributed by atoms with van der Waals surface area (Å²) in [4.78, 5) is 22.2. The fraction of sp³-hybridized carbons (Fsp3) is 0.136. The van der Waals surface area contributed by atoms with E-state index in [-0.39, 0.29) is 11.9 Å². The topological polar surface area (TPSA) is 90.1 Å². The van der Waals surface area contributed by atoms with Crippen molar-refractivity contribution in [1.82, 2.24) is 15.3 Å². The van der Waals surface area contributed by atoms with E-state index in [9.17, 15) is 4.79 Å². The average molecular weight is 404 g/mol. The molecule has 0 fully saturated rings. The van der Waals surface area contributed by atoms with Gasteiger partial charge in [0.15, 0.2) is 0 Å². The minimum absolute atomic E-state index is 0.125. The lowest BCUT2D eigenvalue weighted by Crippen LogP contribution is -2.21. The van der Waals surface area contributed by atoms with Gasteiger partial charge in [-0.3, -0.25) is 4.79 Å². The van der Waals surface area contributed by atoms with Crippen molar-refractivity contribution in [2.45, 2.75) is 13.5 Å². The molecule has 2 aromatic carbocycles. The van der Waals surface area contributed by atoms with Crippen LogP contribution in [-0.4, -0.2) is 22.4 Å². The van der Waals surface area contributed by atoms with Crippen LogP contribution < -0.4 is 15.8 Å². The molecule has 4 rings (SSSR count). The monoisotopic (exact) mass is 404 g/mol. The van der Waals surface area contributed by atoms with Gasteiger partial charge in [0.05, 0.1) is 10.6 Å². The Morgan fingerprint density at radius 1 is 1.10 bits per heavy atom. The number of rotatable bonds is 6. The standard InChI is InChI=1S/C22H20N4O2S/c1-2-24-20(27)18-12-17-19(25-22(23)26-21(17)29-18)15-9-6-10-16(11-15)28-13-14-7-4-3-5-8-14/h3-12H,2,13H2,1H3,(H,24,27)(H2,23,25,26). The summed E-state index contributed by atoms with van der Waals surface area (Å²) in [5.74, 6) is 0.781. The summed E-state index contributed by atoms with van der Waals surface area (Å²) in [6, 6.07) is 19.5. The van der Waals surface area contributed by atoms with Crippen molar-refractivity contribution >= 4 is 33.4 Å². The van der Waals surface area contributed by atoms with Crippen LogP contribution in [0.4, 0.5) is 5.95 Å². The van der Waals surface area contributed by atoms with Crippen molar-refractivity contribution < 1.29 is 9.53 Å². The number of hydrogen-bond donors (Lipinski definition) is 2. The van der Waals surface area contributed by atoms with E-state index in [0.29, 0.717) is 28.6 Å². The average Bonchev–Trinajstić information content (AvgIpc) is 3.17. The summed E-state index contributed by atoms with van der Waals surface area (Å²) in [5.41, 5.74) is 8.57. The van der Waals surface area contributed by atoms with Crippen LogP contribution in [0.5, 0.6) is 5.75 Å². The summed E-state index contributed by atoms with van der Waals surface area (Å²) < 4.78 is 5.94. The van der Waals surface area contributed by atoms with Crippen LogP contribution in [0.1, 0.15) is 22.2 Å². The SMILES string of the molecule is CCNC(=O)c1cc2c(-c3cccc(OCc4ccccc4)c3)nc(N)nc2s1. The van der Waals surface area contributed by atoms with Crippen LogP contribution in [0.2, 0.25) is 0 Å². The molecular formula is C22H20N4O2S. The molecule has 0 saturated carbocycles. The lowest BCUT2D eigenvalue weighted by Gasteiger charge is -2.09. The lowest BCUT2D eigenvalue weighted by atomic mass is 10.1. The Balaban J connectivity index is 1.67. The number of fused-ring (bicyclic) bond motifs is 1. The number of aromatic nitrogens is 2. The van der Waals surface area contributed by atoms with Crippen molar-refractivity contribution in [2.24, 2.45) is 0 Å². The minimum atomic E-state index is -0.125. The maximum absolute atomic E-state index is 12.2. The molecule has 0 aliphatic carbocycles. The number of amides is 1. The first kappa shape index (κ1) is 18.9. The zero-order valence-electron chi connectivity index (χ0n) is 15.9. The first-order valence-corrected chi connectivity index (χ1v) is 10.1. The molecule has 2 aromatic heterocycles. The normalized spacial score (nSPS) is 10.8. The van der Waals surface area contributed by atoms with Crippen molar-refractivity contribution in [3.63, 3.8) is 0 Å². The van der Waals surface area contributed by atoms with E-state index in [4.69, 9.17) is 10.5 Å². The van der Waals surface area contributed by atoms with E-state index < -0.39 is 0 Å². The summed E-state index contributed by atoms with van der Waals surface area (Å²) in [6.07, 6.45) is 0. The summed E-state index contributed by atoms with van der Waals surface area (Å²) in [5, 5.41) is 3.61. The molecule has 3 N–H and O–H groups in total. The second-order valence-electron chi connectivity index (χ2n) is 6.42. The molecule has 29 heavy (non-hydrogen) atoms. The van der Waals surface area contributed by atoms with Gasteiger partial charge >= 0.3 is 0 Å². The summed E-state index contributed by atoms with van der Waals surface area (Å²) in [6.45, 7) is 2.93. The molecule has 2 heterocycles. The van der Waals surface area contributed by atoms with Gasteiger partial charge in [0.2, 0.25) is 5.95 Å². The van der Waals surface area contributed by atoms with Gasteiger partial charge in [-0.2, -0.15) is 0 Å². The first-order valence-electron chi connectivity index (χ1n) is 9.26. The molecular weight excluding hydrogens is 384 g/mol. The molecule has 0 unspecified atom stereocenters. The van der Waals surface area contributed by atoms with Gasteiger partial charge in [0, 0.05) is 17.5 Å². The van der Waals surface area contributed by atoms with Gasteiger partial charge in [0.25, 0.3) is 5.91 Å². The summed E-state index contributed by atoms with van der Waals surface area (Å²) in [7, 11) is 0. The maximum atomic E-state index is 12.2. The number of benzene rings is 2. The van der Waals surface area contributed by atoms with Gasteiger partial charge in [-0.05, 0) is 30.7 Å². The van der Waals surface area contributed by atoms with E-state index in [2.05, 4.69) is 15.3 Å². The number of thiophene rings is 1. The van der Waals surface area contributed by atoms with Crippen molar-refractivity contribution in [2.75, 3.05) is 12.3 Å². The smallest absolute Gasteiger partial charge is 0.261 e. The van der Waals surface area contributed by atoms with Crippen molar-refractivity contribution in [3.05, 3.63) is 71.1 Å². The number of nitrogens with zero attached hydrogens (tertiary/aromatic N) is 2. The number of nitrogens with two attached hydrogens (primary N) is 1. The van der Waals surface area contributed by atoms with Crippen molar-refractivity contribution in [1.29, 1.82) is 0 Å². The van der Waals surface area contributed by atoms with Gasteiger partial charge < -0.3 is 15.8 Å².